The molecule has 1 aliphatic rings. The van der Waals surface area contributed by atoms with Crippen LogP contribution in [0.15, 0.2) is 12.3 Å². The average molecular weight is 250 g/mol. The fraction of sp³-hybridized carbons (Fsp3) is 0.800. The van der Waals surface area contributed by atoms with E-state index in [9.17, 15) is 5.11 Å². The Hall–Kier alpha value is -0.830. The zero-order valence-corrected chi connectivity index (χ0v) is 12.1. The summed E-state index contributed by atoms with van der Waals surface area (Å²) >= 11 is 0. The topological polar surface area (TPSA) is 38.0 Å². The van der Waals surface area contributed by atoms with E-state index in [2.05, 4.69) is 32.8 Å². The molecule has 0 saturated heterocycles. The molecule has 0 aliphatic heterocycles. The molecule has 0 aromatic carbocycles. The normalized spacial score (nSPS) is 33.0. The van der Waals surface area contributed by atoms with Crippen molar-refractivity contribution >= 4 is 0 Å². The molecule has 1 aromatic heterocycles. The number of rotatable bonds is 3. The van der Waals surface area contributed by atoms with E-state index in [0.29, 0.717) is 17.8 Å². The van der Waals surface area contributed by atoms with E-state index in [1.165, 1.54) is 6.42 Å². The summed E-state index contributed by atoms with van der Waals surface area (Å²) in [6.07, 6.45) is 5.02. The minimum absolute atomic E-state index is 0.343. The van der Waals surface area contributed by atoms with Crippen molar-refractivity contribution in [2.24, 2.45) is 17.8 Å². The number of aliphatic hydroxyl groups is 1. The van der Waals surface area contributed by atoms with Crippen LogP contribution in [0.5, 0.6) is 0 Å². The van der Waals surface area contributed by atoms with Gasteiger partial charge in [0.1, 0.15) is 5.60 Å². The molecule has 1 saturated carbocycles. The number of hydrogen-bond acceptors (Lipinski definition) is 2. The van der Waals surface area contributed by atoms with Gasteiger partial charge in [-0.1, -0.05) is 27.2 Å². The number of hydrogen-bond donors (Lipinski definition) is 1. The van der Waals surface area contributed by atoms with Gasteiger partial charge in [-0.2, -0.15) is 5.10 Å². The zero-order chi connectivity index (χ0) is 13.3. The summed E-state index contributed by atoms with van der Waals surface area (Å²) in [6.45, 7) is 9.59. The van der Waals surface area contributed by atoms with Crippen LogP contribution in [0.25, 0.3) is 0 Å². The molecule has 0 amide bonds. The second-order valence-electron chi connectivity index (χ2n) is 6.19. The zero-order valence-electron chi connectivity index (χ0n) is 12.1. The van der Waals surface area contributed by atoms with Crippen molar-refractivity contribution in [2.45, 2.75) is 59.1 Å². The number of aromatic nitrogens is 2. The Bertz CT molecular complexity index is 399. The fourth-order valence-electron chi connectivity index (χ4n) is 3.62. The summed E-state index contributed by atoms with van der Waals surface area (Å²) in [7, 11) is 0. The third-order valence-corrected chi connectivity index (χ3v) is 4.51. The van der Waals surface area contributed by atoms with Crippen molar-refractivity contribution in [3.8, 4) is 0 Å². The van der Waals surface area contributed by atoms with Crippen LogP contribution in [0.4, 0.5) is 0 Å². The maximum absolute atomic E-state index is 11.3. The van der Waals surface area contributed by atoms with Crippen molar-refractivity contribution in [2.75, 3.05) is 0 Å². The van der Waals surface area contributed by atoms with Gasteiger partial charge in [0, 0.05) is 12.7 Å². The second-order valence-corrected chi connectivity index (χ2v) is 6.19. The van der Waals surface area contributed by atoms with Crippen LogP contribution in [0.2, 0.25) is 0 Å². The molecule has 18 heavy (non-hydrogen) atoms. The van der Waals surface area contributed by atoms with Gasteiger partial charge in [0.2, 0.25) is 0 Å². The highest BCUT2D eigenvalue weighted by Crippen LogP contribution is 2.47. The summed E-state index contributed by atoms with van der Waals surface area (Å²) < 4.78 is 1.95. The molecule has 3 atom stereocenters. The summed E-state index contributed by atoms with van der Waals surface area (Å²) in [5, 5.41) is 15.6. The first-order valence-corrected chi connectivity index (χ1v) is 7.23. The largest absolute Gasteiger partial charge is 0.383 e. The van der Waals surface area contributed by atoms with E-state index in [1.54, 1.807) is 0 Å². The summed E-state index contributed by atoms with van der Waals surface area (Å²) in [4.78, 5) is 0. The lowest BCUT2D eigenvalue weighted by atomic mass is 9.65. The molecule has 2 rings (SSSR count). The van der Waals surface area contributed by atoms with Crippen LogP contribution in [0.1, 0.15) is 52.7 Å². The molecule has 1 fully saturated rings. The van der Waals surface area contributed by atoms with Crippen LogP contribution in [0.3, 0.4) is 0 Å². The van der Waals surface area contributed by atoms with Gasteiger partial charge in [0.25, 0.3) is 0 Å². The molecule has 0 bridgehead atoms. The van der Waals surface area contributed by atoms with Crippen molar-refractivity contribution in [3.63, 3.8) is 0 Å². The summed E-state index contributed by atoms with van der Waals surface area (Å²) in [5.41, 5.74) is 0.313. The van der Waals surface area contributed by atoms with Gasteiger partial charge < -0.3 is 5.11 Å². The SMILES string of the molecule is CCn1nccc1C1(O)CC(C)CCC1C(C)C. The van der Waals surface area contributed by atoms with E-state index in [-0.39, 0.29) is 0 Å². The van der Waals surface area contributed by atoms with Crippen molar-refractivity contribution in [1.29, 1.82) is 0 Å². The quantitative estimate of drug-likeness (QED) is 0.894. The molecule has 1 heterocycles. The van der Waals surface area contributed by atoms with Crippen LogP contribution in [-0.4, -0.2) is 14.9 Å². The van der Waals surface area contributed by atoms with Gasteiger partial charge in [-0.25, -0.2) is 0 Å². The third-order valence-electron chi connectivity index (χ3n) is 4.51. The highest BCUT2D eigenvalue weighted by atomic mass is 16.3. The lowest BCUT2D eigenvalue weighted by Gasteiger charge is -2.44. The Morgan fingerprint density at radius 1 is 1.50 bits per heavy atom. The Kier molecular flexibility index (Phi) is 3.81. The monoisotopic (exact) mass is 250 g/mol. The third kappa shape index (κ3) is 2.20. The molecule has 0 spiro atoms. The maximum Gasteiger partial charge on any atom is 0.109 e. The van der Waals surface area contributed by atoms with Crippen LogP contribution in [0, 0.1) is 17.8 Å². The first kappa shape index (κ1) is 13.6. The maximum atomic E-state index is 11.3. The van der Waals surface area contributed by atoms with Crippen LogP contribution >= 0.6 is 0 Å². The van der Waals surface area contributed by atoms with Crippen molar-refractivity contribution in [3.05, 3.63) is 18.0 Å². The Balaban J connectivity index is 2.40. The Morgan fingerprint density at radius 3 is 2.83 bits per heavy atom. The minimum atomic E-state index is -0.696. The fourth-order valence-corrected chi connectivity index (χ4v) is 3.62. The molecular formula is C15H26N2O. The molecule has 3 heteroatoms. The van der Waals surface area contributed by atoms with Gasteiger partial charge in [-0.05, 0) is 43.6 Å². The van der Waals surface area contributed by atoms with Gasteiger partial charge in [0.05, 0.1) is 5.69 Å². The van der Waals surface area contributed by atoms with Crippen molar-refractivity contribution in [1.82, 2.24) is 9.78 Å². The summed E-state index contributed by atoms with van der Waals surface area (Å²) in [5.74, 6) is 1.43. The molecule has 1 aromatic rings. The number of aryl methyl sites for hydroxylation is 1. The molecule has 0 radical (unpaired) electrons. The lowest BCUT2D eigenvalue weighted by Crippen LogP contribution is -2.44. The smallest absolute Gasteiger partial charge is 0.109 e. The Morgan fingerprint density at radius 2 is 2.22 bits per heavy atom. The Labute approximate surface area is 110 Å². The molecule has 3 nitrogen and oxygen atoms in total. The summed E-state index contributed by atoms with van der Waals surface area (Å²) in [6, 6.07) is 2.00. The van der Waals surface area contributed by atoms with Gasteiger partial charge in [-0.15, -0.1) is 0 Å². The van der Waals surface area contributed by atoms with E-state index < -0.39 is 5.60 Å². The molecular weight excluding hydrogens is 224 g/mol. The minimum Gasteiger partial charge on any atom is -0.383 e. The predicted octanol–water partition coefficient (Wildman–Crippen LogP) is 3.18. The van der Waals surface area contributed by atoms with Gasteiger partial charge in [0.15, 0.2) is 0 Å². The van der Waals surface area contributed by atoms with E-state index in [0.717, 1.165) is 25.1 Å². The molecule has 1 N–H and O–H groups in total. The predicted molar refractivity (Wildman–Crippen MR) is 73.1 cm³/mol. The van der Waals surface area contributed by atoms with E-state index >= 15 is 0 Å². The highest BCUT2D eigenvalue weighted by molar-refractivity contribution is 5.16. The van der Waals surface area contributed by atoms with E-state index in [1.807, 2.05) is 16.9 Å². The lowest BCUT2D eigenvalue weighted by molar-refractivity contribution is -0.0925. The standard InChI is InChI=1S/C15H26N2O/c1-5-17-14(8-9-16-17)15(18)10-12(4)6-7-13(15)11(2)3/h8-9,11-13,18H,5-7,10H2,1-4H3. The average Bonchev–Trinajstić information content (AvgIpc) is 2.76. The second kappa shape index (κ2) is 5.04. The molecule has 102 valence electrons. The first-order chi connectivity index (χ1) is 8.49. The molecule has 1 aliphatic carbocycles. The van der Waals surface area contributed by atoms with Gasteiger partial charge in [-0.3, -0.25) is 4.68 Å². The van der Waals surface area contributed by atoms with Crippen LogP contribution < -0.4 is 0 Å². The van der Waals surface area contributed by atoms with E-state index in [4.69, 9.17) is 0 Å². The first-order valence-electron chi connectivity index (χ1n) is 7.23. The number of nitrogens with zero attached hydrogens (tertiary/aromatic N) is 2. The van der Waals surface area contributed by atoms with Crippen LogP contribution in [-0.2, 0) is 12.1 Å². The molecule has 3 unspecified atom stereocenters. The van der Waals surface area contributed by atoms with Gasteiger partial charge >= 0.3 is 0 Å². The highest BCUT2D eigenvalue weighted by Gasteiger charge is 2.45. The van der Waals surface area contributed by atoms with Crippen molar-refractivity contribution < 1.29 is 5.11 Å².